The molecule has 0 aromatic rings. The highest BCUT2D eigenvalue weighted by molar-refractivity contribution is 6.55. The van der Waals surface area contributed by atoms with E-state index >= 15 is 0 Å². The molecule has 0 aliphatic carbocycles. The van der Waals surface area contributed by atoms with Gasteiger partial charge in [0, 0.05) is 0 Å². The lowest BCUT2D eigenvalue weighted by Gasteiger charge is -1.86. The molecular formula is C5H9Cl2N. The molecule has 0 unspecified atom stereocenters. The lowest BCUT2D eigenvalue weighted by atomic mass is 10.3. The molecule has 0 amide bonds. The molecule has 0 radical (unpaired) electrons. The molecule has 0 aromatic carbocycles. The van der Waals surface area contributed by atoms with Crippen LogP contribution in [-0.4, -0.2) is 6.54 Å². The number of allylic oxidation sites excluding steroid dienone is 1. The molecule has 8 heavy (non-hydrogen) atoms. The van der Waals surface area contributed by atoms with Gasteiger partial charge in [0.25, 0.3) is 0 Å². The van der Waals surface area contributed by atoms with Gasteiger partial charge in [-0.3, -0.25) is 0 Å². The number of hydrogen-bond donors (Lipinski definition) is 1. The van der Waals surface area contributed by atoms with Crippen LogP contribution in [0.25, 0.3) is 0 Å². The van der Waals surface area contributed by atoms with Crippen LogP contribution < -0.4 is 5.73 Å². The molecular weight excluding hydrogens is 145 g/mol. The summed E-state index contributed by atoms with van der Waals surface area (Å²) in [4.78, 5) is 0. The van der Waals surface area contributed by atoms with E-state index in [2.05, 4.69) is 0 Å². The number of unbranched alkanes of at least 4 members (excludes halogenated alkanes) is 1. The first-order valence-electron chi connectivity index (χ1n) is 2.48. The summed E-state index contributed by atoms with van der Waals surface area (Å²) in [5.41, 5.74) is 5.20. The van der Waals surface area contributed by atoms with E-state index in [4.69, 9.17) is 28.9 Å². The van der Waals surface area contributed by atoms with Crippen LogP contribution in [0.15, 0.2) is 10.6 Å². The highest BCUT2D eigenvalue weighted by Gasteiger charge is 1.81. The number of nitrogens with two attached hydrogens (primary N) is 1. The maximum atomic E-state index is 5.30. The standard InChI is InChI=1S/C5H9Cl2N/c6-5(7)3-1-2-4-8/h3H,1-2,4,8H2. The zero-order chi connectivity index (χ0) is 6.41. The predicted molar refractivity (Wildman–Crippen MR) is 38.1 cm³/mol. The first-order chi connectivity index (χ1) is 3.77. The largest absolute Gasteiger partial charge is 0.330 e. The van der Waals surface area contributed by atoms with Crippen molar-refractivity contribution in [3.05, 3.63) is 10.6 Å². The highest BCUT2D eigenvalue weighted by Crippen LogP contribution is 2.07. The Morgan fingerprint density at radius 1 is 1.50 bits per heavy atom. The SMILES string of the molecule is NCCCC=C(Cl)Cl. The number of hydrogen-bond acceptors (Lipinski definition) is 1. The van der Waals surface area contributed by atoms with Gasteiger partial charge < -0.3 is 5.73 Å². The molecule has 0 saturated carbocycles. The van der Waals surface area contributed by atoms with Gasteiger partial charge in [-0.2, -0.15) is 0 Å². The fraction of sp³-hybridized carbons (Fsp3) is 0.600. The van der Waals surface area contributed by atoms with Gasteiger partial charge in [-0.25, -0.2) is 0 Å². The molecule has 0 heterocycles. The van der Waals surface area contributed by atoms with E-state index in [9.17, 15) is 0 Å². The first-order valence-corrected chi connectivity index (χ1v) is 3.24. The Bertz CT molecular complexity index is 76.5. The highest BCUT2D eigenvalue weighted by atomic mass is 35.5. The van der Waals surface area contributed by atoms with E-state index in [1.165, 1.54) is 0 Å². The molecule has 0 saturated heterocycles. The Hall–Kier alpha value is 0.280. The smallest absolute Gasteiger partial charge is 0.102 e. The topological polar surface area (TPSA) is 26.0 Å². The van der Waals surface area contributed by atoms with E-state index in [1.54, 1.807) is 6.08 Å². The third-order valence-electron chi connectivity index (χ3n) is 0.707. The quantitative estimate of drug-likeness (QED) is 0.618. The second-order valence-corrected chi connectivity index (χ2v) is 2.43. The van der Waals surface area contributed by atoms with Crippen LogP contribution in [0.1, 0.15) is 12.8 Å². The predicted octanol–water partition coefficient (Wildman–Crippen LogP) is 2.04. The summed E-state index contributed by atoms with van der Waals surface area (Å²) in [6.45, 7) is 0.692. The summed E-state index contributed by atoms with van der Waals surface area (Å²) in [5, 5.41) is 0. The van der Waals surface area contributed by atoms with Crippen LogP contribution in [0.5, 0.6) is 0 Å². The van der Waals surface area contributed by atoms with Crippen LogP contribution in [0, 0.1) is 0 Å². The Morgan fingerprint density at radius 3 is 2.50 bits per heavy atom. The van der Waals surface area contributed by atoms with Gasteiger partial charge in [-0.1, -0.05) is 29.3 Å². The van der Waals surface area contributed by atoms with E-state index in [-0.39, 0.29) is 0 Å². The van der Waals surface area contributed by atoms with Crippen molar-refractivity contribution in [3.8, 4) is 0 Å². The van der Waals surface area contributed by atoms with Crippen LogP contribution in [0.4, 0.5) is 0 Å². The molecule has 0 fully saturated rings. The zero-order valence-corrected chi connectivity index (χ0v) is 6.04. The minimum atomic E-state index is 0.332. The van der Waals surface area contributed by atoms with Crippen molar-refractivity contribution < 1.29 is 0 Å². The van der Waals surface area contributed by atoms with Crippen molar-refractivity contribution in [2.45, 2.75) is 12.8 Å². The van der Waals surface area contributed by atoms with Crippen LogP contribution >= 0.6 is 23.2 Å². The monoisotopic (exact) mass is 153 g/mol. The minimum absolute atomic E-state index is 0.332. The van der Waals surface area contributed by atoms with Crippen molar-refractivity contribution in [2.24, 2.45) is 5.73 Å². The van der Waals surface area contributed by atoms with Gasteiger partial charge in [0.2, 0.25) is 0 Å². The Balaban J connectivity index is 3.03. The molecule has 0 aliphatic rings. The fourth-order valence-corrected chi connectivity index (χ4v) is 0.547. The Morgan fingerprint density at radius 2 is 2.12 bits per heavy atom. The minimum Gasteiger partial charge on any atom is -0.330 e. The van der Waals surface area contributed by atoms with E-state index < -0.39 is 0 Å². The summed E-state index contributed by atoms with van der Waals surface area (Å²) >= 11 is 10.6. The first kappa shape index (κ1) is 8.28. The average Bonchev–Trinajstić information content (AvgIpc) is 1.66. The van der Waals surface area contributed by atoms with Crippen LogP contribution in [0.2, 0.25) is 0 Å². The van der Waals surface area contributed by atoms with Gasteiger partial charge in [0.05, 0.1) is 0 Å². The molecule has 0 bridgehead atoms. The summed E-state index contributed by atoms with van der Waals surface area (Å²) in [6.07, 6.45) is 3.57. The van der Waals surface area contributed by atoms with Gasteiger partial charge in [-0.15, -0.1) is 0 Å². The molecule has 0 rings (SSSR count). The summed E-state index contributed by atoms with van der Waals surface area (Å²) in [7, 11) is 0. The van der Waals surface area contributed by atoms with Crippen LogP contribution in [-0.2, 0) is 0 Å². The molecule has 48 valence electrons. The van der Waals surface area contributed by atoms with E-state index in [1.807, 2.05) is 0 Å². The van der Waals surface area contributed by atoms with Crippen molar-refractivity contribution in [3.63, 3.8) is 0 Å². The maximum absolute atomic E-state index is 5.30. The lowest BCUT2D eigenvalue weighted by molar-refractivity contribution is 0.855. The van der Waals surface area contributed by atoms with Gasteiger partial charge >= 0.3 is 0 Å². The summed E-state index contributed by atoms with van der Waals surface area (Å²) in [5.74, 6) is 0. The van der Waals surface area contributed by atoms with Crippen molar-refractivity contribution in [2.75, 3.05) is 6.54 Å². The van der Waals surface area contributed by atoms with E-state index in [0.717, 1.165) is 12.8 Å². The molecule has 2 N–H and O–H groups in total. The molecule has 0 aliphatic heterocycles. The lowest BCUT2D eigenvalue weighted by Crippen LogP contribution is -1.96. The summed E-state index contributed by atoms with van der Waals surface area (Å²) in [6, 6.07) is 0. The zero-order valence-electron chi connectivity index (χ0n) is 4.53. The number of halogens is 2. The molecule has 3 heteroatoms. The molecule has 1 nitrogen and oxygen atoms in total. The van der Waals surface area contributed by atoms with Gasteiger partial charge in [0.15, 0.2) is 0 Å². The Labute approximate surface area is 59.5 Å². The third-order valence-corrected chi connectivity index (χ3v) is 1.02. The normalized spacial score (nSPS) is 8.88. The van der Waals surface area contributed by atoms with Crippen molar-refractivity contribution in [1.82, 2.24) is 0 Å². The van der Waals surface area contributed by atoms with E-state index in [0.29, 0.717) is 11.0 Å². The Kier molecular flexibility index (Phi) is 5.61. The second kappa shape index (κ2) is 5.42. The van der Waals surface area contributed by atoms with Crippen molar-refractivity contribution in [1.29, 1.82) is 0 Å². The average molecular weight is 154 g/mol. The molecule has 0 atom stereocenters. The van der Waals surface area contributed by atoms with Gasteiger partial charge in [0.1, 0.15) is 4.49 Å². The molecule has 0 spiro atoms. The van der Waals surface area contributed by atoms with Crippen molar-refractivity contribution >= 4 is 23.2 Å². The second-order valence-electron chi connectivity index (χ2n) is 1.42. The maximum Gasteiger partial charge on any atom is 0.102 e. The molecule has 0 aromatic heterocycles. The summed E-state index contributed by atoms with van der Waals surface area (Å²) < 4.78 is 0.332. The number of rotatable bonds is 3. The van der Waals surface area contributed by atoms with Crippen LogP contribution in [0.3, 0.4) is 0 Å². The third kappa shape index (κ3) is 6.28. The fourth-order valence-electron chi connectivity index (χ4n) is 0.329. The van der Waals surface area contributed by atoms with Gasteiger partial charge in [-0.05, 0) is 19.4 Å².